The molecule has 1 fully saturated rings. The molecule has 10 heteroatoms. The van der Waals surface area contributed by atoms with E-state index >= 15 is 0 Å². The highest BCUT2D eigenvalue weighted by atomic mass is 16.7. The Balaban J connectivity index is 2.25. The van der Waals surface area contributed by atoms with Crippen LogP contribution in [-0.2, 0) is 33.3 Å². The Labute approximate surface area is 138 Å². The maximum Gasteiger partial charge on any atom is 0.304 e. The molecule has 0 saturated carbocycles. The van der Waals surface area contributed by atoms with Gasteiger partial charge in [0.1, 0.15) is 25.4 Å². The molecule has 0 bridgehead atoms. The van der Waals surface area contributed by atoms with E-state index < -0.39 is 42.4 Å². The van der Waals surface area contributed by atoms with Gasteiger partial charge in [0.25, 0.3) is 0 Å². The second-order valence-corrected chi connectivity index (χ2v) is 5.27. The van der Waals surface area contributed by atoms with Crippen molar-refractivity contribution < 1.29 is 33.3 Å². The summed E-state index contributed by atoms with van der Waals surface area (Å²) >= 11 is 0. The fraction of sp³-hybridized carbons (Fsp3) is 0.643. The number of hydrogen-bond acceptors (Lipinski definition) is 9. The quantitative estimate of drug-likeness (QED) is 0.538. The lowest BCUT2D eigenvalue weighted by Gasteiger charge is -2.39. The Morgan fingerprint density at radius 2 is 1.88 bits per heavy atom. The first-order valence-corrected chi connectivity index (χ1v) is 7.34. The van der Waals surface area contributed by atoms with Crippen LogP contribution < -0.4 is 0 Å². The Hall–Kier alpha value is -2.49. The molecule has 2 heterocycles. The molecule has 0 aromatic carbocycles. The summed E-state index contributed by atoms with van der Waals surface area (Å²) in [6, 6.07) is -0.491. The first-order valence-electron chi connectivity index (χ1n) is 7.34. The normalized spacial score (nSPS) is 26.5. The number of carbonyl (C=O) groups is 3. The predicted molar refractivity (Wildman–Crippen MR) is 76.3 cm³/mol. The minimum Gasteiger partial charge on any atom is -0.463 e. The van der Waals surface area contributed by atoms with Crippen molar-refractivity contribution in [2.75, 3.05) is 6.61 Å². The zero-order valence-electron chi connectivity index (χ0n) is 13.6. The van der Waals surface area contributed by atoms with Gasteiger partial charge in [0.2, 0.25) is 6.29 Å². The van der Waals surface area contributed by atoms with Crippen molar-refractivity contribution in [3.05, 3.63) is 12.7 Å². The number of rotatable bonds is 5. The third-order valence-corrected chi connectivity index (χ3v) is 3.33. The van der Waals surface area contributed by atoms with Crippen LogP contribution in [0.5, 0.6) is 0 Å². The molecule has 1 aliphatic heterocycles. The molecule has 10 nitrogen and oxygen atoms in total. The van der Waals surface area contributed by atoms with E-state index in [9.17, 15) is 14.4 Å². The molecule has 0 spiro atoms. The third kappa shape index (κ3) is 4.75. The highest BCUT2D eigenvalue weighted by Gasteiger charge is 2.44. The Morgan fingerprint density at radius 3 is 2.42 bits per heavy atom. The molecule has 0 N–H and O–H groups in total. The second kappa shape index (κ2) is 7.86. The second-order valence-electron chi connectivity index (χ2n) is 5.27. The lowest BCUT2D eigenvalue weighted by Crippen LogP contribution is -2.51. The fourth-order valence-electron chi connectivity index (χ4n) is 2.49. The first kappa shape index (κ1) is 17.9. The molecular formula is C14H19N3O7. The van der Waals surface area contributed by atoms with E-state index in [-0.39, 0.29) is 13.0 Å². The summed E-state index contributed by atoms with van der Waals surface area (Å²) in [5, 5.41) is 4.05. The van der Waals surface area contributed by atoms with E-state index in [1.165, 1.54) is 38.1 Å². The highest BCUT2D eigenvalue weighted by molar-refractivity contribution is 5.67. The molecule has 0 amide bonds. The molecule has 0 unspecified atom stereocenters. The van der Waals surface area contributed by atoms with Crippen molar-refractivity contribution in [1.82, 2.24) is 14.8 Å². The van der Waals surface area contributed by atoms with Gasteiger partial charge in [0, 0.05) is 27.2 Å². The minimum atomic E-state index is -0.885. The van der Waals surface area contributed by atoms with Crippen LogP contribution in [0.4, 0.5) is 0 Å². The highest BCUT2D eigenvalue weighted by Crippen LogP contribution is 2.32. The molecule has 24 heavy (non-hydrogen) atoms. The van der Waals surface area contributed by atoms with Crippen molar-refractivity contribution in [2.45, 2.75) is 51.7 Å². The van der Waals surface area contributed by atoms with Gasteiger partial charge in [-0.05, 0) is 0 Å². The van der Waals surface area contributed by atoms with E-state index in [2.05, 4.69) is 10.1 Å². The van der Waals surface area contributed by atoms with Gasteiger partial charge in [-0.2, -0.15) is 5.10 Å². The van der Waals surface area contributed by atoms with Gasteiger partial charge >= 0.3 is 17.9 Å². The molecule has 1 aromatic heterocycles. The molecular weight excluding hydrogens is 322 g/mol. The van der Waals surface area contributed by atoms with Crippen molar-refractivity contribution in [1.29, 1.82) is 0 Å². The third-order valence-electron chi connectivity index (χ3n) is 3.33. The largest absolute Gasteiger partial charge is 0.463 e. The van der Waals surface area contributed by atoms with Crippen LogP contribution in [0.25, 0.3) is 0 Å². The van der Waals surface area contributed by atoms with Gasteiger partial charge in [0.15, 0.2) is 6.10 Å². The maximum absolute atomic E-state index is 11.5. The van der Waals surface area contributed by atoms with Crippen molar-refractivity contribution >= 4 is 17.9 Å². The summed E-state index contributed by atoms with van der Waals surface area (Å²) in [6.07, 6.45) is 0.518. The van der Waals surface area contributed by atoms with Gasteiger partial charge in [-0.25, -0.2) is 9.67 Å². The van der Waals surface area contributed by atoms with Crippen LogP contribution in [0, 0.1) is 0 Å². The van der Waals surface area contributed by atoms with Crippen molar-refractivity contribution in [3.8, 4) is 0 Å². The van der Waals surface area contributed by atoms with E-state index in [1.807, 2.05) is 0 Å². The average molecular weight is 341 g/mol. The van der Waals surface area contributed by atoms with Gasteiger partial charge in [-0.15, -0.1) is 0 Å². The first-order chi connectivity index (χ1) is 11.4. The maximum atomic E-state index is 11.5. The van der Waals surface area contributed by atoms with Crippen LogP contribution in [-0.4, -0.2) is 57.8 Å². The standard InChI is InChI=1S/C14H19N3O7/c1-8(18)21-5-12-14(23-10(3)20)11(17-7-15-6-16-17)4-13(24-12)22-9(2)19/h6-7,11-14H,4-5H2,1-3H3/t11-,12-,13+,14+/m1/s1. The van der Waals surface area contributed by atoms with Crippen LogP contribution >= 0.6 is 0 Å². The molecule has 0 radical (unpaired) electrons. The fourth-order valence-corrected chi connectivity index (χ4v) is 2.49. The zero-order valence-corrected chi connectivity index (χ0v) is 13.6. The lowest BCUT2D eigenvalue weighted by atomic mass is 9.98. The van der Waals surface area contributed by atoms with E-state index in [1.54, 1.807) is 0 Å². The summed E-state index contributed by atoms with van der Waals surface area (Å²) in [4.78, 5) is 37.6. The Bertz CT molecular complexity index is 589. The smallest absolute Gasteiger partial charge is 0.304 e. The van der Waals surface area contributed by atoms with E-state index in [4.69, 9.17) is 18.9 Å². The number of nitrogens with zero attached hydrogens (tertiary/aromatic N) is 3. The van der Waals surface area contributed by atoms with Gasteiger partial charge in [0.05, 0.1) is 6.04 Å². The number of hydrogen-bond donors (Lipinski definition) is 0. The van der Waals surface area contributed by atoms with Gasteiger partial charge in [-0.3, -0.25) is 14.4 Å². The summed E-state index contributed by atoms with van der Waals surface area (Å²) in [5.74, 6) is -1.55. The summed E-state index contributed by atoms with van der Waals surface area (Å²) in [5.41, 5.74) is 0. The van der Waals surface area contributed by atoms with Gasteiger partial charge in [-0.1, -0.05) is 0 Å². The number of carbonyl (C=O) groups excluding carboxylic acids is 3. The number of esters is 3. The lowest BCUT2D eigenvalue weighted by molar-refractivity contribution is -0.245. The van der Waals surface area contributed by atoms with E-state index in [0.717, 1.165) is 0 Å². The molecule has 0 aliphatic carbocycles. The predicted octanol–water partition coefficient (Wildman–Crippen LogP) is -0.00790. The zero-order chi connectivity index (χ0) is 17.7. The van der Waals surface area contributed by atoms with Crippen LogP contribution in [0.15, 0.2) is 12.7 Å². The van der Waals surface area contributed by atoms with Crippen molar-refractivity contribution in [2.24, 2.45) is 0 Å². The van der Waals surface area contributed by atoms with Crippen LogP contribution in [0.2, 0.25) is 0 Å². The number of aromatic nitrogens is 3. The summed E-state index contributed by atoms with van der Waals surface area (Å²) < 4.78 is 22.5. The molecule has 2 rings (SSSR count). The van der Waals surface area contributed by atoms with Gasteiger partial charge < -0.3 is 18.9 Å². The van der Waals surface area contributed by atoms with Crippen LogP contribution in [0.3, 0.4) is 0 Å². The monoisotopic (exact) mass is 341 g/mol. The summed E-state index contributed by atoms with van der Waals surface area (Å²) in [7, 11) is 0. The van der Waals surface area contributed by atoms with E-state index in [0.29, 0.717) is 0 Å². The average Bonchev–Trinajstić information content (AvgIpc) is 2.99. The van der Waals surface area contributed by atoms with Crippen LogP contribution in [0.1, 0.15) is 33.2 Å². The Kier molecular flexibility index (Phi) is 5.85. The minimum absolute atomic E-state index is 0.157. The number of ether oxygens (including phenoxy) is 4. The molecule has 1 aliphatic rings. The molecule has 1 aromatic rings. The Morgan fingerprint density at radius 1 is 1.17 bits per heavy atom. The topological polar surface area (TPSA) is 119 Å². The summed E-state index contributed by atoms with van der Waals surface area (Å²) in [6.45, 7) is 3.62. The molecule has 1 saturated heterocycles. The molecule has 4 atom stereocenters. The molecule has 132 valence electrons. The van der Waals surface area contributed by atoms with Crippen molar-refractivity contribution in [3.63, 3.8) is 0 Å². The SMILES string of the molecule is CC(=O)OC[C@H]1O[C@H](OC(C)=O)C[C@@H](n2cncn2)[C@@H]1OC(C)=O.